The highest BCUT2D eigenvalue weighted by molar-refractivity contribution is 6.24. The van der Waals surface area contributed by atoms with E-state index in [0.717, 1.165) is 93.8 Å². The number of hydrogen-bond donors (Lipinski definition) is 0. The molecule has 0 aliphatic carbocycles. The van der Waals surface area contributed by atoms with Gasteiger partial charge in [0.25, 0.3) is 0 Å². The van der Waals surface area contributed by atoms with E-state index in [1.807, 2.05) is 24.3 Å². The molecule has 13 rings (SSSR count). The van der Waals surface area contributed by atoms with Crippen molar-refractivity contribution >= 4 is 43.6 Å². The predicted molar refractivity (Wildman–Crippen MR) is 281 cm³/mol. The van der Waals surface area contributed by atoms with E-state index in [0.29, 0.717) is 17.6 Å². The molecule has 10 aromatic carbocycles. The molecule has 0 aliphatic rings. The molecule has 68 heavy (non-hydrogen) atoms. The summed E-state index contributed by atoms with van der Waals surface area (Å²) in [6.45, 7) is 0. The molecule has 0 spiro atoms. The average Bonchev–Trinajstić information content (AvgIpc) is 3.94. The fourth-order valence-electron chi connectivity index (χ4n) is 9.88. The largest absolute Gasteiger partial charge is 0.307 e. The van der Waals surface area contributed by atoms with Crippen molar-refractivity contribution in [1.82, 2.24) is 24.1 Å². The Morgan fingerprint density at radius 1 is 0.235 bits per heavy atom. The Morgan fingerprint density at radius 2 is 0.559 bits per heavy atom. The van der Waals surface area contributed by atoms with Gasteiger partial charge in [-0.2, -0.15) is 9.97 Å². The molecular formula is C63H41N5. The highest BCUT2D eigenvalue weighted by Crippen LogP contribution is 2.44. The number of hydrogen-bond acceptors (Lipinski definition) is 3. The third kappa shape index (κ3) is 6.76. The maximum absolute atomic E-state index is 5.45. The smallest absolute Gasteiger partial charge is 0.238 e. The Morgan fingerprint density at radius 3 is 1.01 bits per heavy atom. The first-order valence-electron chi connectivity index (χ1n) is 23.0. The average molecular weight is 868 g/mol. The first kappa shape index (κ1) is 39.2. The SMILES string of the molecule is c1ccc(-c2ccc(-c3nc(-c4ccccc4)nc(-n4c5ccc(-c6ccccc6)cc5c5ccc6c7cc(-c8ccccc8)ccc7n(-c7ccc(-c8ccccc8)cc7)c6c54)n3)cc2)cc1. The van der Waals surface area contributed by atoms with Gasteiger partial charge in [-0.15, -0.1) is 0 Å². The van der Waals surface area contributed by atoms with Crippen LogP contribution in [0.15, 0.2) is 249 Å². The van der Waals surface area contributed by atoms with Crippen LogP contribution in [0, 0.1) is 0 Å². The van der Waals surface area contributed by atoms with Gasteiger partial charge in [-0.1, -0.05) is 212 Å². The number of benzene rings is 10. The van der Waals surface area contributed by atoms with E-state index in [1.54, 1.807) is 0 Å². The van der Waals surface area contributed by atoms with Gasteiger partial charge in [0.1, 0.15) is 0 Å². The summed E-state index contributed by atoms with van der Waals surface area (Å²) in [6, 6.07) is 88.3. The summed E-state index contributed by atoms with van der Waals surface area (Å²) in [4.78, 5) is 16.1. The monoisotopic (exact) mass is 867 g/mol. The van der Waals surface area contributed by atoms with Crippen molar-refractivity contribution < 1.29 is 0 Å². The molecule has 0 aliphatic heterocycles. The molecule has 0 amide bonds. The zero-order chi connectivity index (χ0) is 45.0. The minimum atomic E-state index is 0.544. The summed E-state index contributed by atoms with van der Waals surface area (Å²) in [5.74, 6) is 1.74. The van der Waals surface area contributed by atoms with Gasteiger partial charge in [0.15, 0.2) is 11.6 Å². The van der Waals surface area contributed by atoms with Crippen LogP contribution in [0.3, 0.4) is 0 Å². The van der Waals surface area contributed by atoms with Crippen molar-refractivity contribution in [1.29, 1.82) is 0 Å². The van der Waals surface area contributed by atoms with Crippen molar-refractivity contribution in [2.24, 2.45) is 0 Å². The lowest BCUT2D eigenvalue weighted by molar-refractivity contribution is 0.953. The molecular weight excluding hydrogens is 827 g/mol. The molecule has 13 aromatic rings. The second-order valence-corrected chi connectivity index (χ2v) is 17.2. The molecule has 318 valence electrons. The van der Waals surface area contributed by atoms with E-state index >= 15 is 0 Å². The molecule has 5 nitrogen and oxygen atoms in total. The first-order chi connectivity index (χ1) is 33.7. The van der Waals surface area contributed by atoms with Crippen LogP contribution in [-0.4, -0.2) is 24.1 Å². The van der Waals surface area contributed by atoms with E-state index in [4.69, 9.17) is 15.0 Å². The Labute approximate surface area is 393 Å². The number of nitrogens with zero attached hydrogens (tertiary/aromatic N) is 5. The maximum atomic E-state index is 5.45. The van der Waals surface area contributed by atoms with Crippen molar-refractivity contribution in [2.75, 3.05) is 0 Å². The van der Waals surface area contributed by atoms with Crippen LogP contribution in [0.2, 0.25) is 0 Å². The normalized spacial score (nSPS) is 11.5. The third-order valence-corrected chi connectivity index (χ3v) is 13.2. The summed E-state index contributed by atoms with van der Waals surface area (Å²) >= 11 is 0. The van der Waals surface area contributed by atoms with Crippen molar-refractivity contribution in [3.63, 3.8) is 0 Å². The fraction of sp³-hybridized carbons (Fsp3) is 0. The van der Waals surface area contributed by atoms with Gasteiger partial charge in [-0.05, 0) is 80.9 Å². The molecule has 0 radical (unpaired) electrons. The topological polar surface area (TPSA) is 48.5 Å². The van der Waals surface area contributed by atoms with Crippen LogP contribution in [0.1, 0.15) is 0 Å². The van der Waals surface area contributed by atoms with Crippen LogP contribution >= 0.6 is 0 Å². The van der Waals surface area contributed by atoms with Crippen LogP contribution in [0.5, 0.6) is 0 Å². The number of fused-ring (bicyclic) bond motifs is 7. The van der Waals surface area contributed by atoms with Crippen LogP contribution < -0.4 is 0 Å². The molecule has 0 saturated carbocycles. The van der Waals surface area contributed by atoms with Gasteiger partial charge in [-0.3, -0.25) is 4.57 Å². The third-order valence-electron chi connectivity index (χ3n) is 13.2. The molecule has 3 heterocycles. The van der Waals surface area contributed by atoms with Crippen molar-refractivity contribution in [3.8, 4) is 78.9 Å². The Bertz CT molecular complexity index is 3960. The summed E-state index contributed by atoms with van der Waals surface area (Å²) in [7, 11) is 0. The van der Waals surface area contributed by atoms with Crippen LogP contribution in [0.4, 0.5) is 0 Å². The number of rotatable bonds is 8. The Kier molecular flexibility index (Phi) is 9.43. The van der Waals surface area contributed by atoms with Gasteiger partial charge < -0.3 is 4.57 Å². The first-order valence-corrected chi connectivity index (χ1v) is 23.0. The van der Waals surface area contributed by atoms with Gasteiger partial charge in [0, 0.05) is 38.4 Å². The van der Waals surface area contributed by atoms with Gasteiger partial charge >= 0.3 is 0 Å². The minimum Gasteiger partial charge on any atom is -0.307 e. The van der Waals surface area contributed by atoms with E-state index in [1.165, 1.54) is 11.1 Å². The number of aromatic nitrogens is 5. The zero-order valence-electron chi connectivity index (χ0n) is 36.9. The molecule has 0 bridgehead atoms. The standard InChI is InChI=1S/C63H41N5/c1-6-16-42(17-7-1)46-26-28-49(29-27-46)62-64-61(48-24-14-5-15-25-48)65-63(66-62)68-58-39-33-51(45-22-12-4-13-23-45)41-56(58)54-37-36-53-55-40-50(44-20-10-3-11-21-44)32-38-57(55)67(59(53)60(54)68)52-34-30-47(31-35-52)43-18-8-2-9-19-43/h1-41H. The van der Waals surface area contributed by atoms with E-state index in [-0.39, 0.29) is 0 Å². The van der Waals surface area contributed by atoms with Crippen molar-refractivity contribution in [3.05, 3.63) is 249 Å². The Hall–Kier alpha value is -9.19. The predicted octanol–water partition coefficient (Wildman–Crippen LogP) is 16.1. The molecule has 0 saturated heterocycles. The molecule has 0 N–H and O–H groups in total. The summed E-state index contributed by atoms with van der Waals surface area (Å²) in [5, 5.41) is 4.52. The van der Waals surface area contributed by atoms with Crippen molar-refractivity contribution in [2.45, 2.75) is 0 Å². The van der Waals surface area contributed by atoms with Gasteiger partial charge in [0.2, 0.25) is 5.95 Å². The van der Waals surface area contributed by atoms with Gasteiger partial charge in [-0.25, -0.2) is 4.98 Å². The van der Waals surface area contributed by atoms with Crippen LogP contribution in [0.25, 0.3) is 123 Å². The highest BCUT2D eigenvalue weighted by atomic mass is 15.2. The second kappa shape index (κ2) is 16.4. The summed E-state index contributed by atoms with van der Waals surface area (Å²) < 4.78 is 4.72. The zero-order valence-corrected chi connectivity index (χ0v) is 36.9. The molecule has 0 unspecified atom stereocenters. The lowest BCUT2D eigenvalue weighted by Gasteiger charge is -2.14. The van der Waals surface area contributed by atoms with E-state index < -0.39 is 0 Å². The summed E-state index contributed by atoms with van der Waals surface area (Å²) in [6.07, 6.45) is 0. The minimum absolute atomic E-state index is 0.544. The Balaban J connectivity index is 1.13. The lowest BCUT2D eigenvalue weighted by atomic mass is 10.0. The fourth-order valence-corrected chi connectivity index (χ4v) is 9.88. The quantitative estimate of drug-likeness (QED) is 0.153. The lowest BCUT2D eigenvalue weighted by Crippen LogP contribution is -2.07. The maximum Gasteiger partial charge on any atom is 0.238 e. The van der Waals surface area contributed by atoms with E-state index in [9.17, 15) is 0 Å². The molecule has 0 atom stereocenters. The summed E-state index contributed by atoms with van der Waals surface area (Å²) in [5.41, 5.74) is 16.4. The molecule has 0 fully saturated rings. The van der Waals surface area contributed by atoms with E-state index in [2.05, 4.69) is 234 Å². The highest BCUT2D eigenvalue weighted by Gasteiger charge is 2.24. The van der Waals surface area contributed by atoms with Crippen LogP contribution in [-0.2, 0) is 0 Å². The second-order valence-electron chi connectivity index (χ2n) is 17.2. The molecule has 3 aromatic heterocycles. The van der Waals surface area contributed by atoms with Gasteiger partial charge in [0.05, 0.1) is 22.1 Å². The molecule has 5 heteroatoms.